The molecule has 1 amide bonds. The van der Waals surface area contributed by atoms with Crippen molar-refractivity contribution in [2.75, 3.05) is 17.7 Å². The standard InChI is InChI=1S/C18H20N2O3.2C10H13NO2/c1-12(2)17(14-6-4-8-19-11-14)18(23)20-15-7-3-5-13(9-15)10-16(21)22;1-7(2)9(10(12)13)8-4-3-5-11-6-8;1-2-13-10(12)7-8-3-5-9(11)6-4-8/h3-9,11-12,17H,10H2,1-2H3,(H,20,23)(H,21,22);3-7,9H,1-2H3,(H,12,13);3-6H,2,7,11H2,1H3. The summed E-state index contributed by atoms with van der Waals surface area (Å²) in [6, 6.07) is 21.4. The van der Waals surface area contributed by atoms with Crippen molar-refractivity contribution in [2.45, 2.75) is 59.3 Å². The van der Waals surface area contributed by atoms with E-state index in [1.807, 2.05) is 52.0 Å². The van der Waals surface area contributed by atoms with Gasteiger partial charge in [0.15, 0.2) is 0 Å². The van der Waals surface area contributed by atoms with Crippen LogP contribution in [-0.2, 0) is 36.8 Å². The van der Waals surface area contributed by atoms with Gasteiger partial charge in [0, 0.05) is 36.2 Å². The first-order chi connectivity index (χ1) is 23.3. The highest BCUT2D eigenvalue weighted by atomic mass is 16.5. The van der Waals surface area contributed by atoms with Gasteiger partial charge in [-0.3, -0.25) is 29.1 Å². The van der Waals surface area contributed by atoms with Crippen LogP contribution in [0.4, 0.5) is 11.4 Å². The number of nitrogens with zero attached hydrogens (tertiary/aromatic N) is 2. The minimum absolute atomic E-state index is 0.0695. The summed E-state index contributed by atoms with van der Waals surface area (Å²) in [6.45, 7) is 9.97. The maximum Gasteiger partial charge on any atom is 0.311 e. The molecular formula is C38H46N4O7. The highest BCUT2D eigenvalue weighted by molar-refractivity contribution is 5.96. The number of carboxylic acid groups (broad SMARTS) is 2. The molecule has 49 heavy (non-hydrogen) atoms. The maximum atomic E-state index is 12.6. The van der Waals surface area contributed by atoms with Crippen LogP contribution in [0, 0.1) is 11.8 Å². The second-order valence-electron chi connectivity index (χ2n) is 11.8. The van der Waals surface area contributed by atoms with Crippen molar-refractivity contribution < 1.29 is 34.1 Å². The SMILES string of the molecule is CC(C)C(C(=O)Nc1cccc(CC(=O)O)c1)c1cccnc1.CC(C)C(C(=O)O)c1cccnc1.CCOC(=O)Cc1ccc(N)cc1. The number of carbonyl (C=O) groups is 4. The van der Waals surface area contributed by atoms with Gasteiger partial charge in [-0.1, -0.05) is 64.1 Å². The van der Waals surface area contributed by atoms with Crippen LogP contribution in [0.2, 0.25) is 0 Å². The molecule has 4 rings (SSSR count). The van der Waals surface area contributed by atoms with Crippen LogP contribution in [0.5, 0.6) is 0 Å². The number of nitrogens with two attached hydrogens (primary N) is 1. The van der Waals surface area contributed by atoms with Gasteiger partial charge in [0.05, 0.1) is 31.3 Å². The Kier molecular flexibility index (Phi) is 16.7. The Morgan fingerprint density at radius 3 is 1.80 bits per heavy atom. The molecule has 11 nitrogen and oxygen atoms in total. The number of carboxylic acids is 2. The molecule has 0 fully saturated rings. The average molecular weight is 671 g/mol. The first-order valence-corrected chi connectivity index (χ1v) is 16.0. The number of aromatic nitrogens is 2. The zero-order chi connectivity index (χ0) is 36.3. The fraction of sp³-hybridized carbons (Fsp3) is 0.316. The Morgan fingerprint density at radius 1 is 0.755 bits per heavy atom. The Labute approximate surface area is 287 Å². The minimum Gasteiger partial charge on any atom is -0.481 e. The Balaban J connectivity index is 0.000000274. The number of aliphatic carboxylic acids is 2. The predicted octanol–water partition coefficient (Wildman–Crippen LogP) is 6.37. The molecule has 0 saturated heterocycles. The molecule has 0 radical (unpaired) electrons. The van der Waals surface area contributed by atoms with E-state index in [1.54, 1.807) is 80.2 Å². The van der Waals surface area contributed by atoms with E-state index in [9.17, 15) is 19.2 Å². The number of amides is 1. The normalized spacial score (nSPS) is 11.6. The van der Waals surface area contributed by atoms with Crippen LogP contribution in [0.1, 0.15) is 68.7 Å². The van der Waals surface area contributed by atoms with Gasteiger partial charge >= 0.3 is 17.9 Å². The first kappa shape index (κ1) is 39.6. The quantitative estimate of drug-likeness (QED) is 0.0977. The number of nitrogens with one attached hydrogen (secondary N) is 1. The zero-order valence-corrected chi connectivity index (χ0v) is 28.6. The number of hydrogen-bond acceptors (Lipinski definition) is 8. The fourth-order valence-electron chi connectivity index (χ4n) is 4.94. The fourth-order valence-corrected chi connectivity index (χ4v) is 4.94. The lowest BCUT2D eigenvalue weighted by Gasteiger charge is -2.20. The molecule has 0 spiro atoms. The van der Waals surface area contributed by atoms with E-state index in [4.69, 9.17) is 20.7 Å². The third kappa shape index (κ3) is 14.4. The van der Waals surface area contributed by atoms with Crippen molar-refractivity contribution in [3.05, 3.63) is 120 Å². The van der Waals surface area contributed by atoms with E-state index in [0.717, 1.165) is 16.7 Å². The first-order valence-electron chi connectivity index (χ1n) is 16.0. The van der Waals surface area contributed by atoms with Crippen molar-refractivity contribution in [3.8, 4) is 0 Å². The van der Waals surface area contributed by atoms with Gasteiger partial charge in [0.25, 0.3) is 0 Å². The highest BCUT2D eigenvalue weighted by Gasteiger charge is 2.25. The lowest BCUT2D eigenvalue weighted by Crippen LogP contribution is -2.25. The van der Waals surface area contributed by atoms with E-state index >= 15 is 0 Å². The summed E-state index contributed by atoms with van der Waals surface area (Å²) in [4.78, 5) is 53.4. The largest absolute Gasteiger partial charge is 0.481 e. The maximum absolute atomic E-state index is 12.6. The number of pyridine rings is 2. The minimum atomic E-state index is -0.899. The Bertz CT molecular complexity index is 1610. The van der Waals surface area contributed by atoms with Gasteiger partial charge in [0.2, 0.25) is 5.91 Å². The molecule has 0 aliphatic rings. The summed E-state index contributed by atoms with van der Waals surface area (Å²) >= 11 is 0. The van der Waals surface area contributed by atoms with Crippen LogP contribution in [0.15, 0.2) is 97.6 Å². The van der Waals surface area contributed by atoms with Crippen molar-refractivity contribution >= 4 is 35.2 Å². The van der Waals surface area contributed by atoms with Crippen LogP contribution < -0.4 is 11.1 Å². The van der Waals surface area contributed by atoms with Gasteiger partial charge in [0.1, 0.15) is 0 Å². The number of esters is 1. The van der Waals surface area contributed by atoms with Crippen LogP contribution in [-0.4, -0.2) is 50.6 Å². The van der Waals surface area contributed by atoms with Crippen molar-refractivity contribution in [1.29, 1.82) is 0 Å². The summed E-state index contributed by atoms with van der Waals surface area (Å²) in [5, 5.41) is 20.7. The number of ether oxygens (including phenoxy) is 1. The predicted molar refractivity (Wildman–Crippen MR) is 189 cm³/mol. The zero-order valence-electron chi connectivity index (χ0n) is 28.6. The molecular weight excluding hydrogens is 624 g/mol. The average Bonchev–Trinajstić information content (AvgIpc) is 3.03. The van der Waals surface area contributed by atoms with Crippen LogP contribution in [0.25, 0.3) is 0 Å². The second-order valence-corrected chi connectivity index (χ2v) is 11.8. The molecule has 0 aliphatic heterocycles. The molecule has 2 atom stereocenters. The molecule has 2 aromatic heterocycles. The monoisotopic (exact) mass is 670 g/mol. The second kappa shape index (κ2) is 20.6. The van der Waals surface area contributed by atoms with Crippen molar-refractivity contribution in [3.63, 3.8) is 0 Å². The van der Waals surface area contributed by atoms with Crippen molar-refractivity contribution in [1.82, 2.24) is 9.97 Å². The van der Waals surface area contributed by atoms with Gasteiger partial charge in [-0.05, 0) is 77.4 Å². The number of carbonyl (C=O) groups excluding carboxylic acids is 2. The summed E-state index contributed by atoms with van der Waals surface area (Å²) < 4.78 is 4.81. The smallest absolute Gasteiger partial charge is 0.311 e. The number of benzene rings is 2. The Hall–Kier alpha value is -5.58. The van der Waals surface area contributed by atoms with E-state index < -0.39 is 17.9 Å². The number of nitrogen functional groups attached to an aromatic ring is 1. The summed E-state index contributed by atoms with van der Waals surface area (Å²) in [6.07, 6.45) is 6.87. The number of rotatable bonds is 12. The molecule has 260 valence electrons. The lowest BCUT2D eigenvalue weighted by atomic mass is 9.88. The molecule has 5 N–H and O–H groups in total. The van der Waals surface area contributed by atoms with E-state index in [2.05, 4.69) is 15.3 Å². The van der Waals surface area contributed by atoms with Crippen LogP contribution >= 0.6 is 0 Å². The highest BCUT2D eigenvalue weighted by Crippen LogP contribution is 2.26. The molecule has 4 aromatic rings. The molecule has 2 heterocycles. The third-order valence-electron chi connectivity index (χ3n) is 7.15. The number of hydrogen-bond donors (Lipinski definition) is 4. The molecule has 2 unspecified atom stereocenters. The summed E-state index contributed by atoms with van der Waals surface area (Å²) in [5.74, 6) is -2.58. The molecule has 0 bridgehead atoms. The third-order valence-corrected chi connectivity index (χ3v) is 7.15. The molecule has 11 heteroatoms. The number of anilines is 2. The van der Waals surface area contributed by atoms with Gasteiger partial charge < -0.3 is 26.0 Å². The van der Waals surface area contributed by atoms with Gasteiger partial charge in [-0.15, -0.1) is 0 Å². The summed E-state index contributed by atoms with van der Waals surface area (Å²) in [7, 11) is 0. The van der Waals surface area contributed by atoms with Crippen molar-refractivity contribution in [2.24, 2.45) is 11.8 Å². The van der Waals surface area contributed by atoms with Gasteiger partial charge in [-0.25, -0.2) is 0 Å². The molecule has 0 aliphatic carbocycles. The summed E-state index contributed by atoms with van der Waals surface area (Å²) in [5.41, 5.74) is 10.0. The molecule has 0 saturated carbocycles. The molecule has 2 aromatic carbocycles. The topological polar surface area (TPSA) is 182 Å². The van der Waals surface area contributed by atoms with E-state index in [1.165, 1.54) is 0 Å². The van der Waals surface area contributed by atoms with E-state index in [0.29, 0.717) is 30.0 Å². The lowest BCUT2D eigenvalue weighted by molar-refractivity contribution is -0.142. The Morgan fingerprint density at radius 2 is 1.33 bits per heavy atom. The van der Waals surface area contributed by atoms with E-state index in [-0.39, 0.29) is 36.1 Å². The van der Waals surface area contributed by atoms with Gasteiger partial charge in [-0.2, -0.15) is 0 Å². The van der Waals surface area contributed by atoms with Crippen LogP contribution in [0.3, 0.4) is 0 Å².